The average Bonchev–Trinajstić information content (AvgIpc) is 2.77. The number of halogens is 1. The number of benzene rings is 2. The first-order valence-corrected chi connectivity index (χ1v) is 10.1. The monoisotopic (exact) mass is 524 g/mol. The zero-order valence-electron chi connectivity index (χ0n) is 18.3. The molecule has 164 valence electrons. The van der Waals surface area contributed by atoms with Gasteiger partial charge >= 0.3 is 0 Å². The first-order chi connectivity index (χ1) is 14.1. The molecule has 0 aliphatic heterocycles. The Kier molecular flexibility index (Phi) is 11.9. The topological polar surface area (TPSA) is 66.0 Å². The molecule has 2 rings (SSSR count). The molecule has 2 N–H and O–H groups in total. The normalized spacial score (nSPS) is 10.7. The maximum atomic E-state index is 12.4. The van der Waals surface area contributed by atoms with Crippen molar-refractivity contribution in [1.82, 2.24) is 15.5 Å². The Morgan fingerprint density at radius 3 is 2.07 bits per heavy atom. The highest BCUT2D eigenvalue weighted by molar-refractivity contribution is 14.0. The van der Waals surface area contributed by atoms with Gasteiger partial charge in [0.25, 0.3) is 5.91 Å². The highest BCUT2D eigenvalue weighted by Gasteiger charge is 2.11. The quantitative estimate of drug-likeness (QED) is 0.295. The van der Waals surface area contributed by atoms with Crippen LogP contribution in [-0.2, 0) is 13.1 Å². The summed E-state index contributed by atoms with van der Waals surface area (Å²) < 4.78 is 5.19. The van der Waals surface area contributed by atoms with Crippen molar-refractivity contribution in [3.8, 4) is 5.75 Å². The van der Waals surface area contributed by atoms with Crippen molar-refractivity contribution in [3.05, 3.63) is 65.2 Å². The molecule has 0 fully saturated rings. The number of nitrogens with one attached hydrogen (secondary N) is 2. The van der Waals surface area contributed by atoms with Gasteiger partial charge in [-0.25, -0.2) is 4.99 Å². The molecule has 0 radical (unpaired) electrons. The number of hydrogen-bond donors (Lipinski definition) is 2. The maximum Gasteiger partial charge on any atom is 0.253 e. The van der Waals surface area contributed by atoms with E-state index in [4.69, 9.17) is 4.74 Å². The Bertz CT molecular complexity index is 788. The van der Waals surface area contributed by atoms with Crippen LogP contribution in [0.15, 0.2) is 53.5 Å². The van der Waals surface area contributed by atoms with Crippen LogP contribution in [0.25, 0.3) is 0 Å². The van der Waals surface area contributed by atoms with Crippen LogP contribution < -0.4 is 15.4 Å². The average molecular weight is 524 g/mol. The van der Waals surface area contributed by atoms with E-state index in [1.807, 2.05) is 74.2 Å². The van der Waals surface area contributed by atoms with Crippen LogP contribution in [0.4, 0.5) is 0 Å². The number of ether oxygens (including phenoxy) is 1. The van der Waals surface area contributed by atoms with Gasteiger partial charge in [-0.2, -0.15) is 0 Å². The fourth-order valence-electron chi connectivity index (χ4n) is 2.89. The zero-order chi connectivity index (χ0) is 21.1. The molecule has 2 aromatic rings. The van der Waals surface area contributed by atoms with Crippen LogP contribution in [0, 0.1) is 0 Å². The van der Waals surface area contributed by atoms with E-state index in [0.29, 0.717) is 13.1 Å². The Morgan fingerprint density at radius 2 is 1.53 bits per heavy atom. The Hall–Kier alpha value is -2.29. The summed E-state index contributed by atoms with van der Waals surface area (Å²) in [6.45, 7) is 9.46. The van der Waals surface area contributed by atoms with Crippen molar-refractivity contribution in [1.29, 1.82) is 0 Å². The summed E-state index contributed by atoms with van der Waals surface area (Å²) in [7, 11) is 1.66. The van der Waals surface area contributed by atoms with Crippen LogP contribution in [0.5, 0.6) is 5.75 Å². The lowest BCUT2D eigenvalue weighted by atomic mass is 10.1. The van der Waals surface area contributed by atoms with Gasteiger partial charge in [-0.3, -0.25) is 4.79 Å². The molecule has 30 heavy (non-hydrogen) atoms. The number of rotatable bonds is 9. The molecule has 0 saturated heterocycles. The van der Waals surface area contributed by atoms with Crippen LogP contribution in [-0.4, -0.2) is 43.5 Å². The number of hydrogen-bond acceptors (Lipinski definition) is 3. The van der Waals surface area contributed by atoms with Crippen molar-refractivity contribution >= 4 is 35.8 Å². The van der Waals surface area contributed by atoms with Crippen LogP contribution in [0.1, 0.15) is 42.3 Å². The van der Waals surface area contributed by atoms with Crippen LogP contribution in [0.2, 0.25) is 0 Å². The van der Waals surface area contributed by atoms with E-state index in [2.05, 4.69) is 15.6 Å². The smallest absolute Gasteiger partial charge is 0.253 e. The predicted molar refractivity (Wildman–Crippen MR) is 134 cm³/mol. The minimum absolute atomic E-state index is 0. The third-order valence-electron chi connectivity index (χ3n) is 4.63. The van der Waals surface area contributed by atoms with Crippen molar-refractivity contribution in [2.24, 2.45) is 4.99 Å². The molecule has 0 saturated carbocycles. The van der Waals surface area contributed by atoms with Crippen molar-refractivity contribution in [3.63, 3.8) is 0 Å². The summed E-state index contributed by atoms with van der Waals surface area (Å²) in [5.74, 6) is 1.67. The summed E-state index contributed by atoms with van der Waals surface area (Å²) in [5.41, 5.74) is 2.93. The van der Waals surface area contributed by atoms with Crippen LogP contribution >= 0.6 is 24.0 Å². The molecule has 0 aliphatic rings. The summed E-state index contributed by atoms with van der Waals surface area (Å²) in [5, 5.41) is 6.60. The summed E-state index contributed by atoms with van der Waals surface area (Å²) in [6.07, 6.45) is 0. The molecule has 0 bridgehead atoms. The zero-order valence-corrected chi connectivity index (χ0v) is 20.6. The van der Waals surface area contributed by atoms with Gasteiger partial charge in [0.15, 0.2) is 5.96 Å². The van der Waals surface area contributed by atoms with E-state index < -0.39 is 0 Å². The highest BCUT2D eigenvalue weighted by Crippen LogP contribution is 2.12. The lowest BCUT2D eigenvalue weighted by molar-refractivity contribution is 0.0773. The molecule has 0 aromatic heterocycles. The van der Waals surface area contributed by atoms with Crippen LogP contribution in [0.3, 0.4) is 0 Å². The van der Waals surface area contributed by atoms with Gasteiger partial charge in [-0.1, -0.05) is 24.3 Å². The second-order valence-electron chi connectivity index (χ2n) is 6.57. The maximum absolute atomic E-state index is 12.4. The summed E-state index contributed by atoms with van der Waals surface area (Å²) >= 11 is 0. The van der Waals surface area contributed by atoms with Gasteiger partial charge in [0.2, 0.25) is 0 Å². The number of aliphatic imine (C=N–C) groups is 1. The largest absolute Gasteiger partial charge is 0.497 e. The van der Waals surface area contributed by atoms with Crippen molar-refractivity contribution < 1.29 is 9.53 Å². The van der Waals surface area contributed by atoms with Gasteiger partial charge in [0.05, 0.1) is 13.7 Å². The van der Waals surface area contributed by atoms with E-state index in [1.165, 1.54) is 0 Å². The molecule has 0 spiro atoms. The van der Waals surface area contributed by atoms with Gasteiger partial charge in [0, 0.05) is 31.7 Å². The summed E-state index contributed by atoms with van der Waals surface area (Å²) in [4.78, 5) is 18.9. The number of methoxy groups -OCH3 is 1. The van der Waals surface area contributed by atoms with Crippen molar-refractivity contribution in [2.45, 2.75) is 33.9 Å². The van der Waals surface area contributed by atoms with E-state index in [0.717, 1.165) is 48.0 Å². The fraction of sp³-hybridized carbons (Fsp3) is 0.391. The SMILES string of the molecule is CCNC(=NCc1ccc(OC)cc1)NCc1ccc(C(=O)N(CC)CC)cc1.I. The molecule has 0 atom stereocenters. The number of nitrogens with zero attached hydrogens (tertiary/aromatic N) is 2. The Labute approximate surface area is 197 Å². The molecule has 1 amide bonds. The molecule has 0 heterocycles. The van der Waals surface area contributed by atoms with E-state index >= 15 is 0 Å². The molecule has 2 aromatic carbocycles. The minimum atomic E-state index is 0. The van der Waals surface area contributed by atoms with Gasteiger partial charge in [-0.15, -0.1) is 24.0 Å². The lowest BCUT2D eigenvalue weighted by Crippen LogP contribution is -2.36. The standard InChI is InChI=1S/C23H32N4O2.HI/c1-5-24-23(26-17-19-10-14-21(29-4)15-11-19)25-16-18-8-12-20(13-9-18)22(28)27(6-2)7-3;/h8-15H,5-7,16-17H2,1-4H3,(H2,24,25,26);1H. The number of amides is 1. The molecular weight excluding hydrogens is 491 g/mol. The highest BCUT2D eigenvalue weighted by atomic mass is 127. The van der Waals surface area contributed by atoms with E-state index in [9.17, 15) is 4.79 Å². The third kappa shape index (κ3) is 7.85. The van der Waals surface area contributed by atoms with Gasteiger partial charge in [-0.05, 0) is 56.2 Å². The first-order valence-electron chi connectivity index (χ1n) is 10.1. The first kappa shape index (κ1) is 25.7. The number of carbonyl (C=O) groups excluding carboxylic acids is 1. The molecule has 7 heteroatoms. The third-order valence-corrected chi connectivity index (χ3v) is 4.63. The van der Waals surface area contributed by atoms with Gasteiger partial charge in [0.1, 0.15) is 5.75 Å². The second-order valence-corrected chi connectivity index (χ2v) is 6.57. The number of guanidine groups is 1. The van der Waals surface area contributed by atoms with E-state index in [1.54, 1.807) is 7.11 Å². The molecule has 0 aliphatic carbocycles. The molecule has 6 nitrogen and oxygen atoms in total. The van der Waals surface area contributed by atoms with E-state index in [-0.39, 0.29) is 29.9 Å². The minimum Gasteiger partial charge on any atom is -0.497 e. The lowest BCUT2D eigenvalue weighted by Gasteiger charge is -2.18. The second kappa shape index (κ2) is 13.8. The molecule has 0 unspecified atom stereocenters. The number of carbonyl (C=O) groups is 1. The summed E-state index contributed by atoms with van der Waals surface area (Å²) in [6, 6.07) is 15.6. The predicted octanol–water partition coefficient (Wildman–Crippen LogP) is 4.05. The van der Waals surface area contributed by atoms with Gasteiger partial charge < -0.3 is 20.3 Å². The molecular formula is C23H33IN4O2. The van der Waals surface area contributed by atoms with Crippen molar-refractivity contribution in [2.75, 3.05) is 26.7 Å². The fourth-order valence-corrected chi connectivity index (χ4v) is 2.89. The Morgan fingerprint density at radius 1 is 0.933 bits per heavy atom. The Balaban J connectivity index is 0.00000450.